The van der Waals surface area contributed by atoms with Gasteiger partial charge in [-0.15, -0.1) is 11.3 Å². The number of hydrogen-bond donors (Lipinski definition) is 0. The normalized spacial score (nSPS) is 16.9. The molecule has 1 fully saturated rings. The van der Waals surface area contributed by atoms with Crippen molar-refractivity contribution in [2.24, 2.45) is 0 Å². The zero-order valence-corrected chi connectivity index (χ0v) is 15.4. The van der Waals surface area contributed by atoms with E-state index in [4.69, 9.17) is 0 Å². The largest absolute Gasteiger partial charge is 0.378 e. The Labute approximate surface area is 148 Å². The summed E-state index contributed by atoms with van der Waals surface area (Å²) in [7, 11) is 4.01. The quantitative estimate of drug-likeness (QED) is 0.852. The number of carbonyl (C=O) groups excluding carboxylic acids is 1. The fraction of sp³-hybridized carbons (Fsp3) is 0.421. The molecule has 0 N–H and O–H groups in total. The lowest BCUT2D eigenvalue weighted by molar-refractivity contribution is 0.0584. The molecule has 0 spiro atoms. The van der Waals surface area contributed by atoms with E-state index in [1.807, 2.05) is 48.2 Å². The van der Waals surface area contributed by atoms with Crippen LogP contribution in [0.3, 0.4) is 0 Å². The number of anilines is 1. The topological polar surface area (TPSA) is 26.8 Å². The second-order valence-corrected chi connectivity index (χ2v) is 7.44. The van der Waals surface area contributed by atoms with Crippen LogP contribution >= 0.6 is 11.3 Å². The van der Waals surface area contributed by atoms with Gasteiger partial charge in [-0.3, -0.25) is 9.69 Å². The Kier molecular flexibility index (Phi) is 5.21. The molecule has 0 saturated carbocycles. The van der Waals surface area contributed by atoms with E-state index in [2.05, 4.69) is 29.3 Å². The number of thiophene rings is 1. The number of rotatable bonds is 4. The molecule has 1 aromatic heterocycles. The zero-order valence-electron chi connectivity index (χ0n) is 14.6. The molecule has 5 heteroatoms. The van der Waals surface area contributed by atoms with E-state index < -0.39 is 0 Å². The monoisotopic (exact) mass is 343 g/mol. The minimum absolute atomic E-state index is 0.142. The van der Waals surface area contributed by atoms with E-state index >= 15 is 0 Å². The van der Waals surface area contributed by atoms with Crippen LogP contribution in [0.1, 0.15) is 28.2 Å². The van der Waals surface area contributed by atoms with Crippen molar-refractivity contribution in [3.63, 3.8) is 0 Å². The molecule has 1 aliphatic heterocycles. The minimum atomic E-state index is 0.142. The molecule has 2 aromatic rings. The maximum Gasteiger partial charge on any atom is 0.253 e. The Morgan fingerprint density at radius 1 is 1.08 bits per heavy atom. The van der Waals surface area contributed by atoms with Gasteiger partial charge in [0, 0.05) is 62.4 Å². The lowest BCUT2D eigenvalue weighted by Crippen LogP contribution is -2.49. The highest BCUT2D eigenvalue weighted by atomic mass is 32.1. The van der Waals surface area contributed by atoms with Gasteiger partial charge in [-0.1, -0.05) is 6.07 Å². The molecular formula is C19H25N3OS. The predicted octanol–water partition coefficient (Wildman–Crippen LogP) is 3.33. The summed E-state index contributed by atoms with van der Waals surface area (Å²) in [6.45, 7) is 5.71. The van der Waals surface area contributed by atoms with Crippen LogP contribution < -0.4 is 4.90 Å². The van der Waals surface area contributed by atoms with Gasteiger partial charge in [0.05, 0.1) is 0 Å². The molecule has 1 saturated heterocycles. The highest BCUT2D eigenvalue weighted by molar-refractivity contribution is 7.10. The van der Waals surface area contributed by atoms with Gasteiger partial charge in [0.25, 0.3) is 5.91 Å². The molecule has 1 amide bonds. The first-order chi connectivity index (χ1) is 11.6. The average Bonchev–Trinajstić information content (AvgIpc) is 3.15. The number of piperazine rings is 1. The number of amides is 1. The Hall–Kier alpha value is -1.85. The summed E-state index contributed by atoms with van der Waals surface area (Å²) in [5, 5.41) is 2.13. The first-order valence-electron chi connectivity index (χ1n) is 8.40. The summed E-state index contributed by atoms with van der Waals surface area (Å²) in [6.07, 6.45) is 0. The van der Waals surface area contributed by atoms with E-state index in [0.29, 0.717) is 6.04 Å². The molecule has 3 rings (SSSR count). The molecule has 1 unspecified atom stereocenters. The van der Waals surface area contributed by atoms with Gasteiger partial charge < -0.3 is 9.80 Å². The smallest absolute Gasteiger partial charge is 0.253 e. The minimum Gasteiger partial charge on any atom is -0.378 e. The third-order valence-corrected chi connectivity index (χ3v) is 5.78. The van der Waals surface area contributed by atoms with Crippen LogP contribution in [0, 0.1) is 0 Å². The van der Waals surface area contributed by atoms with Gasteiger partial charge in [0.15, 0.2) is 0 Å². The standard InChI is InChI=1S/C19H25N3OS/c1-15(18-5-4-14-24-18)21-10-12-22(13-11-21)19(23)16-6-8-17(9-7-16)20(2)3/h4-9,14-15H,10-13H2,1-3H3. The van der Waals surface area contributed by atoms with Gasteiger partial charge in [-0.05, 0) is 42.6 Å². The van der Waals surface area contributed by atoms with Crippen LogP contribution in [0.4, 0.5) is 5.69 Å². The van der Waals surface area contributed by atoms with Crippen LogP contribution in [-0.4, -0.2) is 56.0 Å². The Morgan fingerprint density at radius 2 is 1.75 bits per heavy atom. The maximum atomic E-state index is 12.7. The molecular weight excluding hydrogens is 318 g/mol. The molecule has 1 aromatic carbocycles. The summed E-state index contributed by atoms with van der Waals surface area (Å²) in [5.74, 6) is 0.142. The first kappa shape index (κ1) is 17.0. The highest BCUT2D eigenvalue weighted by Crippen LogP contribution is 2.25. The van der Waals surface area contributed by atoms with Crippen molar-refractivity contribution in [2.45, 2.75) is 13.0 Å². The van der Waals surface area contributed by atoms with E-state index in [-0.39, 0.29) is 5.91 Å². The highest BCUT2D eigenvalue weighted by Gasteiger charge is 2.25. The van der Waals surface area contributed by atoms with Crippen molar-refractivity contribution in [1.82, 2.24) is 9.80 Å². The fourth-order valence-electron chi connectivity index (χ4n) is 3.11. The van der Waals surface area contributed by atoms with E-state index in [1.165, 1.54) is 4.88 Å². The number of carbonyl (C=O) groups is 1. The molecule has 2 heterocycles. The van der Waals surface area contributed by atoms with E-state index in [0.717, 1.165) is 37.4 Å². The van der Waals surface area contributed by atoms with Crippen LogP contribution in [-0.2, 0) is 0 Å². The molecule has 128 valence electrons. The van der Waals surface area contributed by atoms with Gasteiger partial charge in [0.2, 0.25) is 0 Å². The molecule has 0 bridgehead atoms. The van der Waals surface area contributed by atoms with Crippen molar-refractivity contribution < 1.29 is 4.79 Å². The van der Waals surface area contributed by atoms with Crippen molar-refractivity contribution in [2.75, 3.05) is 45.2 Å². The molecule has 4 nitrogen and oxygen atoms in total. The Morgan fingerprint density at radius 3 is 2.29 bits per heavy atom. The molecule has 1 atom stereocenters. The van der Waals surface area contributed by atoms with Gasteiger partial charge in [-0.2, -0.15) is 0 Å². The third-order valence-electron chi connectivity index (χ3n) is 4.73. The molecule has 1 aliphatic rings. The second kappa shape index (κ2) is 7.36. The van der Waals surface area contributed by atoms with Crippen LogP contribution in [0.15, 0.2) is 41.8 Å². The first-order valence-corrected chi connectivity index (χ1v) is 9.28. The van der Waals surface area contributed by atoms with E-state index in [1.54, 1.807) is 11.3 Å². The summed E-state index contributed by atoms with van der Waals surface area (Å²) in [6, 6.07) is 12.6. The van der Waals surface area contributed by atoms with Crippen molar-refractivity contribution in [3.8, 4) is 0 Å². The third kappa shape index (κ3) is 3.62. The molecule has 0 radical (unpaired) electrons. The fourth-order valence-corrected chi connectivity index (χ4v) is 3.92. The second-order valence-electron chi connectivity index (χ2n) is 6.46. The Balaban J connectivity index is 1.59. The van der Waals surface area contributed by atoms with Crippen LogP contribution in [0.25, 0.3) is 0 Å². The molecule has 0 aliphatic carbocycles. The number of nitrogens with zero attached hydrogens (tertiary/aromatic N) is 3. The van der Waals surface area contributed by atoms with Gasteiger partial charge in [-0.25, -0.2) is 0 Å². The lowest BCUT2D eigenvalue weighted by atomic mass is 10.1. The number of benzene rings is 1. The van der Waals surface area contributed by atoms with Gasteiger partial charge >= 0.3 is 0 Å². The van der Waals surface area contributed by atoms with Crippen molar-refractivity contribution in [1.29, 1.82) is 0 Å². The SMILES string of the molecule is CC(c1cccs1)N1CCN(C(=O)c2ccc(N(C)C)cc2)CC1. The zero-order chi connectivity index (χ0) is 17.1. The van der Waals surface area contributed by atoms with Crippen LogP contribution in [0.2, 0.25) is 0 Å². The maximum absolute atomic E-state index is 12.7. The van der Waals surface area contributed by atoms with Crippen molar-refractivity contribution in [3.05, 3.63) is 52.2 Å². The molecule has 24 heavy (non-hydrogen) atoms. The summed E-state index contributed by atoms with van der Waals surface area (Å²) < 4.78 is 0. The van der Waals surface area contributed by atoms with Crippen molar-refractivity contribution >= 4 is 22.9 Å². The summed E-state index contributed by atoms with van der Waals surface area (Å²) in [4.78, 5) is 20.6. The van der Waals surface area contributed by atoms with Crippen LogP contribution in [0.5, 0.6) is 0 Å². The number of hydrogen-bond acceptors (Lipinski definition) is 4. The van der Waals surface area contributed by atoms with Gasteiger partial charge in [0.1, 0.15) is 0 Å². The Bertz CT molecular complexity index is 658. The average molecular weight is 343 g/mol. The lowest BCUT2D eigenvalue weighted by Gasteiger charge is -2.37. The predicted molar refractivity (Wildman–Crippen MR) is 101 cm³/mol. The summed E-state index contributed by atoms with van der Waals surface area (Å²) in [5.41, 5.74) is 1.89. The summed E-state index contributed by atoms with van der Waals surface area (Å²) >= 11 is 1.81. The van der Waals surface area contributed by atoms with E-state index in [9.17, 15) is 4.79 Å².